The van der Waals surface area contributed by atoms with E-state index in [1.807, 2.05) is 45.0 Å². The summed E-state index contributed by atoms with van der Waals surface area (Å²) in [6.07, 6.45) is 0. The van der Waals surface area contributed by atoms with Gasteiger partial charge in [0.25, 0.3) is 5.91 Å². The summed E-state index contributed by atoms with van der Waals surface area (Å²) in [6, 6.07) is 12.6. The smallest absolute Gasteiger partial charge is 0.255 e. The van der Waals surface area contributed by atoms with Crippen LogP contribution in [0.25, 0.3) is 0 Å². The van der Waals surface area contributed by atoms with Crippen molar-refractivity contribution in [3.63, 3.8) is 0 Å². The molecule has 0 aliphatic heterocycles. The molecule has 0 saturated heterocycles. The molecule has 2 N–H and O–H groups in total. The molecule has 0 unspecified atom stereocenters. The van der Waals surface area contributed by atoms with Crippen LogP contribution < -0.4 is 10.6 Å². The molecule has 5 heteroatoms. The van der Waals surface area contributed by atoms with E-state index in [0.717, 1.165) is 10.0 Å². The summed E-state index contributed by atoms with van der Waals surface area (Å²) < 4.78 is 0.847. The van der Waals surface area contributed by atoms with Gasteiger partial charge in [-0.2, -0.15) is 0 Å². The number of carbonyl (C=O) groups excluding carboxylic acids is 2. The maximum atomic E-state index is 12.3. The third-order valence-corrected chi connectivity index (χ3v) is 3.86. The van der Waals surface area contributed by atoms with Gasteiger partial charge in [0.1, 0.15) is 0 Å². The highest BCUT2D eigenvalue weighted by Gasteiger charge is 2.11. The molecule has 4 nitrogen and oxygen atoms in total. The van der Waals surface area contributed by atoms with Gasteiger partial charge in [0.2, 0.25) is 5.91 Å². The first-order valence-electron chi connectivity index (χ1n) is 7.35. The summed E-state index contributed by atoms with van der Waals surface area (Å²) in [7, 11) is 0. The number of anilines is 2. The van der Waals surface area contributed by atoms with Crippen molar-refractivity contribution >= 4 is 39.1 Å². The molecule has 0 saturated carbocycles. The minimum absolute atomic E-state index is 0.0573. The first kappa shape index (κ1) is 17.2. The van der Waals surface area contributed by atoms with Gasteiger partial charge in [-0.05, 0) is 42.8 Å². The molecule has 0 heterocycles. The molecule has 0 fully saturated rings. The van der Waals surface area contributed by atoms with Gasteiger partial charge >= 0.3 is 0 Å². The largest absolute Gasteiger partial charge is 0.326 e. The van der Waals surface area contributed by atoms with Crippen LogP contribution in [0.4, 0.5) is 11.4 Å². The van der Waals surface area contributed by atoms with Crippen LogP contribution in [0.15, 0.2) is 46.9 Å². The summed E-state index contributed by atoms with van der Waals surface area (Å²) in [5, 5.41) is 5.72. The molecule has 0 aromatic heterocycles. The lowest BCUT2D eigenvalue weighted by atomic mass is 10.1. The molecule has 0 aliphatic rings. The quantitative estimate of drug-likeness (QED) is 0.820. The molecular formula is C18H19BrN2O2. The maximum Gasteiger partial charge on any atom is 0.255 e. The minimum atomic E-state index is -0.193. The standard InChI is InChI=1S/C18H19BrN2O2/c1-11(2)17(22)20-15-8-7-12(3)16(10-15)21-18(23)13-5-4-6-14(19)9-13/h4-11H,1-3H3,(H,20,22)(H,21,23). The molecule has 0 spiro atoms. The summed E-state index contributed by atoms with van der Waals surface area (Å²) in [5.74, 6) is -0.351. The van der Waals surface area contributed by atoms with Gasteiger partial charge in [-0.1, -0.05) is 41.9 Å². The van der Waals surface area contributed by atoms with Crippen molar-refractivity contribution < 1.29 is 9.59 Å². The van der Waals surface area contributed by atoms with Gasteiger partial charge in [0, 0.05) is 27.3 Å². The lowest BCUT2D eigenvalue weighted by Crippen LogP contribution is -2.18. The van der Waals surface area contributed by atoms with E-state index in [4.69, 9.17) is 0 Å². The second-order valence-corrected chi connectivity index (χ2v) is 6.55. The minimum Gasteiger partial charge on any atom is -0.326 e. The highest BCUT2D eigenvalue weighted by Crippen LogP contribution is 2.22. The number of carbonyl (C=O) groups is 2. The van der Waals surface area contributed by atoms with Crippen LogP contribution in [0.1, 0.15) is 29.8 Å². The van der Waals surface area contributed by atoms with E-state index in [1.165, 1.54) is 0 Å². The Morgan fingerprint density at radius 3 is 2.43 bits per heavy atom. The van der Waals surface area contributed by atoms with E-state index >= 15 is 0 Å². The third kappa shape index (κ3) is 4.66. The van der Waals surface area contributed by atoms with Crippen LogP contribution in [-0.4, -0.2) is 11.8 Å². The predicted octanol–water partition coefficient (Wildman–Crippen LogP) is 4.60. The molecule has 0 aliphatic carbocycles. The van der Waals surface area contributed by atoms with E-state index < -0.39 is 0 Å². The zero-order chi connectivity index (χ0) is 17.0. The number of halogens is 1. The Hall–Kier alpha value is -2.14. The van der Waals surface area contributed by atoms with Gasteiger partial charge in [0.05, 0.1) is 0 Å². The number of aryl methyl sites for hydroxylation is 1. The van der Waals surface area contributed by atoms with Crippen LogP contribution in [0.2, 0.25) is 0 Å². The number of benzene rings is 2. The van der Waals surface area contributed by atoms with E-state index in [-0.39, 0.29) is 17.7 Å². The van der Waals surface area contributed by atoms with Crippen LogP contribution >= 0.6 is 15.9 Å². The summed E-state index contributed by atoms with van der Waals surface area (Å²) in [6.45, 7) is 5.57. The molecule has 2 amide bonds. The number of amides is 2. The Bertz CT molecular complexity index is 742. The lowest BCUT2D eigenvalue weighted by molar-refractivity contribution is -0.118. The summed E-state index contributed by atoms with van der Waals surface area (Å²) in [5.41, 5.74) is 2.83. The molecule has 23 heavy (non-hydrogen) atoms. The van der Waals surface area contributed by atoms with Gasteiger partial charge in [0.15, 0.2) is 0 Å². The molecule has 2 aromatic rings. The zero-order valence-corrected chi connectivity index (χ0v) is 14.9. The maximum absolute atomic E-state index is 12.3. The van der Waals surface area contributed by atoms with Crippen molar-refractivity contribution in [2.75, 3.05) is 10.6 Å². The summed E-state index contributed by atoms with van der Waals surface area (Å²) >= 11 is 3.36. The van der Waals surface area contributed by atoms with Crippen molar-refractivity contribution in [1.29, 1.82) is 0 Å². The van der Waals surface area contributed by atoms with Gasteiger partial charge in [-0.3, -0.25) is 9.59 Å². The molecule has 2 aromatic carbocycles. The number of nitrogens with one attached hydrogen (secondary N) is 2. The zero-order valence-electron chi connectivity index (χ0n) is 13.3. The Labute approximate surface area is 144 Å². The monoisotopic (exact) mass is 374 g/mol. The van der Waals surface area contributed by atoms with Crippen LogP contribution in [0.5, 0.6) is 0 Å². The van der Waals surface area contributed by atoms with E-state index in [1.54, 1.807) is 18.2 Å². The van der Waals surface area contributed by atoms with E-state index in [9.17, 15) is 9.59 Å². The second-order valence-electron chi connectivity index (χ2n) is 5.64. The number of hydrogen-bond donors (Lipinski definition) is 2. The number of hydrogen-bond acceptors (Lipinski definition) is 2. The second kappa shape index (κ2) is 7.42. The first-order valence-corrected chi connectivity index (χ1v) is 8.14. The average Bonchev–Trinajstić information content (AvgIpc) is 2.50. The van der Waals surface area contributed by atoms with Gasteiger partial charge in [-0.25, -0.2) is 0 Å². The highest BCUT2D eigenvalue weighted by atomic mass is 79.9. The Balaban J connectivity index is 2.19. The summed E-state index contributed by atoms with van der Waals surface area (Å²) in [4.78, 5) is 24.1. The van der Waals surface area contributed by atoms with Crippen LogP contribution in [0, 0.1) is 12.8 Å². The average molecular weight is 375 g/mol. The molecular weight excluding hydrogens is 356 g/mol. The fourth-order valence-electron chi connectivity index (χ4n) is 1.95. The Kier molecular flexibility index (Phi) is 5.55. The SMILES string of the molecule is Cc1ccc(NC(=O)C(C)C)cc1NC(=O)c1cccc(Br)c1. The first-order chi connectivity index (χ1) is 10.9. The van der Waals surface area contributed by atoms with Crippen molar-refractivity contribution in [2.45, 2.75) is 20.8 Å². The Morgan fingerprint density at radius 2 is 1.78 bits per heavy atom. The van der Waals surface area contributed by atoms with Crippen LogP contribution in [-0.2, 0) is 4.79 Å². The van der Waals surface area contributed by atoms with Gasteiger partial charge < -0.3 is 10.6 Å². The highest BCUT2D eigenvalue weighted by molar-refractivity contribution is 9.10. The molecule has 0 bridgehead atoms. The van der Waals surface area contributed by atoms with E-state index in [0.29, 0.717) is 16.9 Å². The Morgan fingerprint density at radius 1 is 1.04 bits per heavy atom. The predicted molar refractivity (Wildman–Crippen MR) is 96.7 cm³/mol. The van der Waals surface area contributed by atoms with Crippen molar-refractivity contribution in [3.8, 4) is 0 Å². The molecule has 0 atom stereocenters. The normalized spacial score (nSPS) is 10.5. The third-order valence-electron chi connectivity index (χ3n) is 3.36. The van der Waals surface area contributed by atoms with E-state index in [2.05, 4.69) is 26.6 Å². The molecule has 0 radical (unpaired) electrons. The molecule has 2 rings (SSSR count). The topological polar surface area (TPSA) is 58.2 Å². The lowest BCUT2D eigenvalue weighted by Gasteiger charge is -2.13. The molecule has 120 valence electrons. The van der Waals surface area contributed by atoms with Crippen molar-refractivity contribution in [3.05, 3.63) is 58.1 Å². The van der Waals surface area contributed by atoms with Crippen LogP contribution in [0.3, 0.4) is 0 Å². The fraction of sp³-hybridized carbons (Fsp3) is 0.222. The fourth-order valence-corrected chi connectivity index (χ4v) is 2.34. The van der Waals surface area contributed by atoms with Gasteiger partial charge in [-0.15, -0.1) is 0 Å². The van der Waals surface area contributed by atoms with Crippen molar-refractivity contribution in [2.24, 2.45) is 5.92 Å². The van der Waals surface area contributed by atoms with Crippen molar-refractivity contribution in [1.82, 2.24) is 0 Å². The number of rotatable bonds is 4.